The van der Waals surface area contributed by atoms with Crippen LogP contribution in [0.1, 0.15) is 18.2 Å². The second-order valence-electron chi connectivity index (χ2n) is 4.85. The van der Waals surface area contributed by atoms with Gasteiger partial charge in [-0.05, 0) is 24.2 Å². The number of aromatic nitrogens is 2. The predicted octanol–water partition coefficient (Wildman–Crippen LogP) is 2.23. The highest BCUT2D eigenvalue weighted by Gasteiger charge is 2.05. The number of anilines is 1. The van der Waals surface area contributed by atoms with Gasteiger partial charge in [0.2, 0.25) is 0 Å². The fraction of sp³-hybridized carbons (Fsp3) is 0.375. The molecule has 0 saturated heterocycles. The van der Waals surface area contributed by atoms with Crippen molar-refractivity contribution in [2.24, 2.45) is 0 Å². The third-order valence-corrected chi connectivity index (χ3v) is 3.22. The van der Waals surface area contributed by atoms with Gasteiger partial charge in [0.05, 0.1) is 25.2 Å². The van der Waals surface area contributed by atoms with Crippen molar-refractivity contribution < 1.29 is 4.74 Å². The molecule has 0 bridgehead atoms. The molecule has 1 aromatic heterocycles. The highest BCUT2D eigenvalue weighted by atomic mass is 16.5. The maximum atomic E-state index is 5.16. The van der Waals surface area contributed by atoms with E-state index in [1.54, 1.807) is 7.11 Å². The van der Waals surface area contributed by atoms with Gasteiger partial charge >= 0.3 is 0 Å². The predicted molar refractivity (Wildman–Crippen MR) is 84.5 cm³/mol. The first kappa shape index (κ1) is 15.3. The molecule has 0 unspecified atom stereocenters. The Balaban J connectivity index is 1.96. The van der Waals surface area contributed by atoms with E-state index in [1.165, 1.54) is 5.56 Å². The number of nitrogens with zero attached hydrogens (tertiary/aromatic N) is 3. The van der Waals surface area contributed by atoms with Gasteiger partial charge < -0.3 is 15.0 Å². The molecule has 0 aliphatic carbocycles. The highest BCUT2D eigenvalue weighted by Crippen LogP contribution is 2.15. The van der Waals surface area contributed by atoms with E-state index in [1.807, 2.05) is 31.6 Å². The lowest BCUT2D eigenvalue weighted by atomic mass is 10.2. The number of rotatable bonds is 7. The van der Waals surface area contributed by atoms with Crippen LogP contribution in [0.4, 0.5) is 5.82 Å². The van der Waals surface area contributed by atoms with Gasteiger partial charge in [-0.2, -0.15) is 0 Å². The standard InChI is InChI=1S/C16H22N4O/c1-4-17-9-14-10-19-16(11-18-14)20(2)12-13-5-7-15(21-3)8-6-13/h5-8,10-11,17H,4,9,12H2,1-3H3. The minimum Gasteiger partial charge on any atom is -0.497 e. The quantitative estimate of drug-likeness (QED) is 0.846. The maximum absolute atomic E-state index is 5.16. The van der Waals surface area contributed by atoms with Gasteiger partial charge in [-0.1, -0.05) is 19.1 Å². The molecule has 0 amide bonds. The molecule has 0 aliphatic heterocycles. The van der Waals surface area contributed by atoms with E-state index >= 15 is 0 Å². The minimum atomic E-state index is 0.756. The summed E-state index contributed by atoms with van der Waals surface area (Å²) in [5, 5.41) is 3.24. The summed E-state index contributed by atoms with van der Waals surface area (Å²) in [5.41, 5.74) is 2.16. The summed E-state index contributed by atoms with van der Waals surface area (Å²) >= 11 is 0. The average molecular weight is 286 g/mol. The molecule has 1 heterocycles. The summed E-state index contributed by atoms with van der Waals surface area (Å²) in [4.78, 5) is 11.0. The van der Waals surface area contributed by atoms with Crippen LogP contribution in [0.15, 0.2) is 36.7 Å². The van der Waals surface area contributed by atoms with Crippen LogP contribution in [-0.4, -0.2) is 30.7 Å². The summed E-state index contributed by atoms with van der Waals surface area (Å²) < 4.78 is 5.16. The Morgan fingerprint density at radius 3 is 2.48 bits per heavy atom. The van der Waals surface area contributed by atoms with Crippen molar-refractivity contribution in [2.45, 2.75) is 20.0 Å². The molecule has 1 aromatic carbocycles. The highest BCUT2D eigenvalue weighted by molar-refractivity contribution is 5.37. The van der Waals surface area contributed by atoms with E-state index < -0.39 is 0 Å². The minimum absolute atomic E-state index is 0.756. The summed E-state index contributed by atoms with van der Waals surface area (Å²) in [6.07, 6.45) is 3.64. The van der Waals surface area contributed by atoms with Crippen LogP contribution < -0.4 is 15.0 Å². The Kier molecular flexibility index (Phi) is 5.51. The molecule has 1 N–H and O–H groups in total. The van der Waals surface area contributed by atoms with E-state index in [-0.39, 0.29) is 0 Å². The molecule has 0 fully saturated rings. The molecule has 5 nitrogen and oxygen atoms in total. The Bertz CT molecular complexity index is 539. The molecule has 0 radical (unpaired) electrons. The van der Waals surface area contributed by atoms with Crippen LogP contribution in [0.5, 0.6) is 5.75 Å². The van der Waals surface area contributed by atoms with E-state index in [4.69, 9.17) is 4.74 Å². The Morgan fingerprint density at radius 1 is 1.14 bits per heavy atom. The van der Waals surface area contributed by atoms with Crippen LogP contribution in [0.25, 0.3) is 0 Å². The SMILES string of the molecule is CCNCc1cnc(N(C)Cc2ccc(OC)cc2)cn1. The van der Waals surface area contributed by atoms with Crippen molar-refractivity contribution in [3.05, 3.63) is 47.9 Å². The monoisotopic (exact) mass is 286 g/mol. The molecule has 2 rings (SSSR count). The van der Waals surface area contributed by atoms with E-state index in [9.17, 15) is 0 Å². The van der Waals surface area contributed by atoms with Crippen molar-refractivity contribution in [1.29, 1.82) is 0 Å². The summed E-state index contributed by atoms with van der Waals surface area (Å²) in [6, 6.07) is 8.05. The zero-order chi connectivity index (χ0) is 15.1. The lowest BCUT2D eigenvalue weighted by Gasteiger charge is -2.18. The van der Waals surface area contributed by atoms with Crippen molar-refractivity contribution in [3.63, 3.8) is 0 Å². The first-order valence-corrected chi connectivity index (χ1v) is 7.08. The number of hydrogen-bond acceptors (Lipinski definition) is 5. The molecule has 0 spiro atoms. The van der Waals surface area contributed by atoms with Crippen molar-refractivity contribution >= 4 is 5.82 Å². The van der Waals surface area contributed by atoms with Gasteiger partial charge in [0.1, 0.15) is 11.6 Å². The number of methoxy groups -OCH3 is 1. The maximum Gasteiger partial charge on any atom is 0.147 e. The van der Waals surface area contributed by atoms with Crippen LogP contribution in [0.3, 0.4) is 0 Å². The molecule has 2 aromatic rings. The molecule has 0 atom stereocenters. The van der Waals surface area contributed by atoms with Crippen LogP contribution >= 0.6 is 0 Å². The number of hydrogen-bond donors (Lipinski definition) is 1. The lowest BCUT2D eigenvalue weighted by Crippen LogP contribution is -2.19. The van der Waals surface area contributed by atoms with Gasteiger partial charge in [0, 0.05) is 20.1 Å². The van der Waals surface area contributed by atoms with E-state index in [0.717, 1.165) is 36.9 Å². The third kappa shape index (κ3) is 4.43. The second kappa shape index (κ2) is 7.59. The van der Waals surface area contributed by atoms with Crippen molar-refractivity contribution in [3.8, 4) is 5.75 Å². The van der Waals surface area contributed by atoms with E-state index in [0.29, 0.717) is 0 Å². The van der Waals surface area contributed by atoms with Crippen LogP contribution in [0.2, 0.25) is 0 Å². The van der Waals surface area contributed by atoms with Crippen LogP contribution in [0, 0.1) is 0 Å². The van der Waals surface area contributed by atoms with Crippen LogP contribution in [-0.2, 0) is 13.1 Å². The average Bonchev–Trinajstić information content (AvgIpc) is 2.54. The summed E-state index contributed by atoms with van der Waals surface area (Å²) in [6.45, 7) is 4.54. The van der Waals surface area contributed by atoms with Gasteiger partial charge in [-0.3, -0.25) is 4.98 Å². The number of benzene rings is 1. The number of nitrogens with one attached hydrogen (secondary N) is 1. The molecular weight excluding hydrogens is 264 g/mol. The molecule has 21 heavy (non-hydrogen) atoms. The van der Waals surface area contributed by atoms with E-state index in [2.05, 4.69) is 39.2 Å². The van der Waals surface area contributed by atoms with Crippen molar-refractivity contribution in [2.75, 3.05) is 25.6 Å². The molecule has 0 aliphatic rings. The molecule has 5 heteroatoms. The second-order valence-corrected chi connectivity index (χ2v) is 4.85. The smallest absolute Gasteiger partial charge is 0.147 e. The Morgan fingerprint density at radius 2 is 1.90 bits per heavy atom. The van der Waals surface area contributed by atoms with Gasteiger partial charge in [0.25, 0.3) is 0 Å². The Labute approximate surface area is 126 Å². The van der Waals surface area contributed by atoms with Crippen molar-refractivity contribution in [1.82, 2.24) is 15.3 Å². The zero-order valence-electron chi connectivity index (χ0n) is 12.8. The first-order valence-electron chi connectivity index (χ1n) is 7.08. The van der Waals surface area contributed by atoms with Gasteiger partial charge in [0.15, 0.2) is 0 Å². The fourth-order valence-electron chi connectivity index (χ4n) is 1.98. The summed E-state index contributed by atoms with van der Waals surface area (Å²) in [5.74, 6) is 1.74. The number of ether oxygens (including phenoxy) is 1. The zero-order valence-corrected chi connectivity index (χ0v) is 12.8. The lowest BCUT2D eigenvalue weighted by molar-refractivity contribution is 0.414. The van der Waals surface area contributed by atoms with Gasteiger partial charge in [-0.15, -0.1) is 0 Å². The largest absolute Gasteiger partial charge is 0.497 e. The molecular formula is C16H22N4O. The topological polar surface area (TPSA) is 50.3 Å². The third-order valence-electron chi connectivity index (χ3n) is 3.22. The molecule has 0 saturated carbocycles. The summed E-state index contributed by atoms with van der Waals surface area (Å²) in [7, 11) is 3.68. The van der Waals surface area contributed by atoms with Gasteiger partial charge in [-0.25, -0.2) is 4.98 Å². The molecule has 112 valence electrons. The Hall–Kier alpha value is -2.14. The first-order chi connectivity index (χ1) is 10.2. The fourth-order valence-corrected chi connectivity index (χ4v) is 1.98. The normalized spacial score (nSPS) is 10.4.